The average molecular weight is 302 g/mol. The van der Waals surface area contributed by atoms with Gasteiger partial charge in [-0.1, -0.05) is 13.0 Å². The van der Waals surface area contributed by atoms with Crippen LogP contribution in [0.5, 0.6) is 5.75 Å². The number of carbonyl (C=O) groups is 1. The molecule has 4 rings (SSSR count). The zero-order valence-electron chi connectivity index (χ0n) is 12.7. The number of ketones is 1. The Labute approximate surface area is 130 Å². The van der Waals surface area contributed by atoms with E-state index in [2.05, 4.69) is 25.1 Å². The molecule has 0 aromatic heterocycles. The summed E-state index contributed by atoms with van der Waals surface area (Å²) in [6, 6.07) is 6.54. The highest BCUT2D eigenvalue weighted by atomic mass is 32.2. The highest BCUT2D eigenvalue weighted by Gasteiger charge is 2.54. The molecule has 1 aromatic carbocycles. The molecule has 0 unspecified atom stereocenters. The van der Waals surface area contributed by atoms with E-state index in [0.29, 0.717) is 23.5 Å². The molecule has 4 atom stereocenters. The quantitative estimate of drug-likeness (QED) is 0.774. The summed E-state index contributed by atoms with van der Waals surface area (Å²) in [6.07, 6.45) is 4.17. The second-order valence-electron chi connectivity index (χ2n) is 7.01. The molecule has 3 aliphatic rings. The molecule has 2 aliphatic carbocycles. The summed E-state index contributed by atoms with van der Waals surface area (Å²) in [5.74, 6) is 4.58. The molecule has 2 fully saturated rings. The van der Waals surface area contributed by atoms with Crippen molar-refractivity contribution in [2.24, 2.45) is 17.3 Å². The number of methoxy groups -OCH3 is 1. The molecule has 0 spiro atoms. The first-order valence-electron chi connectivity index (χ1n) is 7.97. The van der Waals surface area contributed by atoms with Gasteiger partial charge in [0.2, 0.25) is 0 Å². The van der Waals surface area contributed by atoms with Crippen LogP contribution >= 0.6 is 11.8 Å². The summed E-state index contributed by atoms with van der Waals surface area (Å²) < 4.78 is 5.36. The van der Waals surface area contributed by atoms with E-state index in [9.17, 15) is 4.79 Å². The lowest BCUT2D eigenvalue weighted by atomic mass is 9.59. The largest absolute Gasteiger partial charge is 0.497 e. The fourth-order valence-electron chi connectivity index (χ4n) is 4.94. The summed E-state index contributed by atoms with van der Waals surface area (Å²) in [4.78, 5) is 13.7. The minimum atomic E-state index is -0.0221. The Hall–Kier alpha value is -0.960. The zero-order valence-corrected chi connectivity index (χ0v) is 13.5. The molecule has 0 bridgehead atoms. The van der Waals surface area contributed by atoms with Crippen molar-refractivity contribution in [1.29, 1.82) is 0 Å². The number of hydrogen-bond acceptors (Lipinski definition) is 3. The van der Waals surface area contributed by atoms with Crippen molar-refractivity contribution >= 4 is 17.5 Å². The molecule has 0 amide bonds. The first kappa shape index (κ1) is 13.7. The minimum absolute atomic E-state index is 0.0221. The summed E-state index contributed by atoms with van der Waals surface area (Å²) in [6.45, 7) is 2.23. The summed E-state index contributed by atoms with van der Waals surface area (Å²) >= 11 is 1.96. The Bertz CT molecular complexity index is 597. The van der Waals surface area contributed by atoms with Gasteiger partial charge in [0.25, 0.3) is 0 Å². The van der Waals surface area contributed by atoms with Crippen LogP contribution in [0.2, 0.25) is 0 Å². The molecular weight excluding hydrogens is 280 g/mol. The number of hydrogen-bond donors (Lipinski definition) is 0. The molecule has 21 heavy (non-hydrogen) atoms. The smallest absolute Gasteiger partial charge is 0.139 e. The Morgan fingerprint density at radius 1 is 1.33 bits per heavy atom. The van der Waals surface area contributed by atoms with Gasteiger partial charge in [0.1, 0.15) is 11.5 Å². The zero-order chi connectivity index (χ0) is 14.6. The van der Waals surface area contributed by atoms with E-state index in [1.807, 2.05) is 11.8 Å². The van der Waals surface area contributed by atoms with Crippen molar-refractivity contribution in [3.63, 3.8) is 0 Å². The van der Waals surface area contributed by atoms with Gasteiger partial charge in [-0.2, -0.15) is 0 Å². The van der Waals surface area contributed by atoms with Crippen molar-refractivity contribution < 1.29 is 9.53 Å². The number of Topliss-reactive ketones (excluding diaryl/α,β-unsaturated/α-hetero) is 1. The third-order valence-electron chi connectivity index (χ3n) is 6.20. The third-order valence-corrected chi connectivity index (χ3v) is 7.41. The normalized spacial score (nSPS) is 37.6. The van der Waals surface area contributed by atoms with Crippen molar-refractivity contribution in [2.75, 3.05) is 12.9 Å². The number of fused-ring (bicyclic) bond motifs is 5. The van der Waals surface area contributed by atoms with Gasteiger partial charge in [0, 0.05) is 22.5 Å². The number of benzene rings is 1. The van der Waals surface area contributed by atoms with E-state index in [-0.39, 0.29) is 5.41 Å². The topological polar surface area (TPSA) is 26.3 Å². The van der Waals surface area contributed by atoms with Gasteiger partial charge in [0.15, 0.2) is 0 Å². The van der Waals surface area contributed by atoms with Crippen LogP contribution in [0, 0.1) is 17.3 Å². The number of rotatable bonds is 1. The van der Waals surface area contributed by atoms with Crippen LogP contribution in [0.3, 0.4) is 0 Å². The molecular formula is C18H22O2S. The predicted octanol–water partition coefficient (Wildman–Crippen LogP) is 4.28. The van der Waals surface area contributed by atoms with E-state index in [1.54, 1.807) is 7.11 Å². The Kier molecular flexibility index (Phi) is 3.11. The van der Waals surface area contributed by atoms with E-state index in [4.69, 9.17) is 4.74 Å². The molecule has 0 saturated heterocycles. The maximum Gasteiger partial charge on any atom is 0.139 e. The number of ether oxygens (including phenoxy) is 1. The number of thioether (sulfide) groups is 1. The first-order chi connectivity index (χ1) is 10.1. The molecule has 3 heteroatoms. The van der Waals surface area contributed by atoms with E-state index in [0.717, 1.165) is 25.0 Å². The van der Waals surface area contributed by atoms with Gasteiger partial charge in [0.05, 0.1) is 7.11 Å². The SMILES string of the molecule is COc1ccc2c(c1)SC[C@@H]1[C@@H]2CC[C@]2(C)C(=O)CC[C@@H]12. The van der Waals surface area contributed by atoms with Crippen LogP contribution in [0.1, 0.15) is 44.1 Å². The van der Waals surface area contributed by atoms with Gasteiger partial charge >= 0.3 is 0 Å². The molecule has 2 saturated carbocycles. The monoisotopic (exact) mass is 302 g/mol. The van der Waals surface area contributed by atoms with Crippen LogP contribution in [0.25, 0.3) is 0 Å². The highest BCUT2D eigenvalue weighted by molar-refractivity contribution is 7.99. The molecule has 1 aliphatic heterocycles. The molecule has 2 nitrogen and oxygen atoms in total. The van der Waals surface area contributed by atoms with Crippen molar-refractivity contribution in [2.45, 2.75) is 43.4 Å². The molecule has 0 N–H and O–H groups in total. The van der Waals surface area contributed by atoms with E-state index in [1.165, 1.54) is 22.6 Å². The van der Waals surface area contributed by atoms with Crippen LogP contribution in [-0.4, -0.2) is 18.6 Å². The van der Waals surface area contributed by atoms with Gasteiger partial charge in [-0.25, -0.2) is 0 Å². The van der Waals surface area contributed by atoms with E-state index >= 15 is 0 Å². The third kappa shape index (κ3) is 1.89. The van der Waals surface area contributed by atoms with Crippen molar-refractivity contribution in [1.82, 2.24) is 0 Å². The minimum Gasteiger partial charge on any atom is -0.497 e. The first-order valence-corrected chi connectivity index (χ1v) is 8.96. The molecule has 0 radical (unpaired) electrons. The van der Waals surface area contributed by atoms with Gasteiger partial charge < -0.3 is 4.74 Å². The van der Waals surface area contributed by atoms with Crippen LogP contribution in [0.4, 0.5) is 0 Å². The van der Waals surface area contributed by atoms with Crippen molar-refractivity contribution in [3.05, 3.63) is 23.8 Å². The van der Waals surface area contributed by atoms with E-state index < -0.39 is 0 Å². The Balaban J connectivity index is 1.70. The summed E-state index contributed by atoms with van der Waals surface area (Å²) in [5.41, 5.74) is 1.48. The van der Waals surface area contributed by atoms with Crippen LogP contribution < -0.4 is 4.74 Å². The molecule has 1 heterocycles. The van der Waals surface area contributed by atoms with Gasteiger partial charge in [-0.15, -0.1) is 11.8 Å². The predicted molar refractivity (Wildman–Crippen MR) is 85.0 cm³/mol. The lowest BCUT2D eigenvalue weighted by Gasteiger charge is -2.47. The maximum absolute atomic E-state index is 12.3. The lowest BCUT2D eigenvalue weighted by molar-refractivity contribution is -0.128. The van der Waals surface area contributed by atoms with Crippen LogP contribution in [0.15, 0.2) is 23.1 Å². The van der Waals surface area contributed by atoms with Crippen molar-refractivity contribution in [3.8, 4) is 5.75 Å². The number of carbonyl (C=O) groups excluding carboxylic acids is 1. The standard InChI is InChI=1S/C18H22O2S/c1-18-8-7-12-13-4-3-11(20-2)9-16(13)21-10-14(12)15(18)5-6-17(18)19/h3-4,9,12,14-15H,5-8,10H2,1-2H3/t12-,14-,15+,18+/m1/s1. The molecule has 112 valence electrons. The summed E-state index contributed by atoms with van der Waals surface area (Å²) in [7, 11) is 1.73. The van der Waals surface area contributed by atoms with Crippen LogP contribution in [-0.2, 0) is 4.79 Å². The van der Waals surface area contributed by atoms with Gasteiger partial charge in [-0.05, 0) is 54.7 Å². The fraction of sp³-hybridized carbons (Fsp3) is 0.611. The summed E-state index contributed by atoms with van der Waals surface area (Å²) in [5, 5.41) is 0. The second-order valence-corrected chi connectivity index (χ2v) is 8.07. The fourth-order valence-corrected chi connectivity index (χ4v) is 6.36. The Morgan fingerprint density at radius 3 is 3.00 bits per heavy atom. The van der Waals surface area contributed by atoms with Gasteiger partial charge in [-0.3, -0.25) is 4.79 Å². The maximum atomic E-state index is 12.3. The average Bonchev–Trinajstić information content (AvgIpc) is 2.82. The highest BCUT2D eigenvalue weighted by Crippen LogP contribution is 2.60. The second kappa shape index (κ2) is 4.77. The Morgan fingerprint density at radius 2 is 2.19 bits per heavy atom. The molecule has 1 aromatic rings. The lowest BCUT2D eigenvalue weighted by Crippen LogP contribution is -2.42.